The molecule has 4 atom stereocenters. The molecular weight excluding hydrogens is 769 g/mol. The van der Waals surface area contributed by atoms with E-state index in [0.717, 1.165) is 12.8 Å². The monoisotopic (exact) mass is 811 g/mol. The third-order valence-corrected chi connectivity index (χ3v) is 11.9. The summed E-state index contributed by atoms with van der Waals surface area (Å²) in [6.45, 7) is 7.08. The van der Waals surface area contributed by atoms with Crippen molar-refractivity contribution in [3.8, 4) is 29.6 Å². The van der Waals surface area contributed by atoms with Crippen LogP contribution in [0.15, 0.2) is 65.7 Å². The number of likely N-dealkylation sites (tertiary alicyclic amines) is 1. The van der Waals surface area contributed by atoms with Gasteiger partial charge in [0, 0.05) is 54.6 Å². The number of pyridine rings is 1. The van der Waals surface area contributed by atoms with E-state index in [4.69, 9.17) is 20.9 Å². The normalized spacial score (nSPS) is 21.1. The van der Waals surface area contributed by atoms with Gasteiger partial charge in [-0.3, -0.25) is 19.3 Å². The van der Waals surface area contributed by atoms with Crippen molar-refractivity contribution in [1.82, 2.24) is 24.8 Å². The third-order valence-electron chi connectivity index (χ3n) is 11.0. The zero-order valence-corrected chi connectivity index (χ0v) is 33.3. The minimum atomic E-state index is -4.36. The summed E-state index contributed by atoms with van der Waals surface area (Å²) in [6, 6.07) is 13.4. The first-order chi connectivity index (χ1) is 27.6. The van der Waals surface area contributed by atoms with Gasteiger partial charge in [0.1, 0.15) is 35.1 Å². The number of nitrogens with one attached hydrogen (secondary N) is 1. The molecule has 8 rings (SSSR count). The third kappa shape index (κ3) is 7.57. The van der Waals surface area contributed by atoms with Crippen molar-refractivity contribution in [3.05, 3.63) is 78.0 Å². The minimum absolute atomic E-state index is 0.000240. The average molecular weight is 812 g/mol. The number of piperazine rings is 1. The molecule has 0 spiro atoms. The van der Waals surface area contributed by atoms with Gasteiger partial charge >= 0.3 is 12.1 Å². The summed E-state index contributed by atoms with van der Waals surface area (Å²) in [7, 11) is -2.43. The number of hydrogen-bond acceptors (Lipinski definition) is 11. The Morgan fingerprint density at radius 1 is 1.05 bits per heavy atom. The molecule has 58 heavy (non-hydrogen) atoms. The number of terminal acetylenes is 1. The van der Waals surface area contributed by atoms with Crippen molar-refractivity contribution in [1.29, 1.82) is 0 Å². The van der Waals surface area contributed by atoms with E-state index in [2.05, 4.69) is 26.1 Å². The van der Waals surface area contributed by atoms with Gasteiger partial charge in [0.05, 0.1) is 27.9 Å². The highest BCUT2D eigenvalue weighted by Gasteiger charge is 2.45. The van der Waals surface area contributed by atoms with E-state index in [1.54, 1.807) is 36.4 Å². The molecule has 0 aliphatic carbocycles. The van der Waals surface area contributed by atoms with Gasteiger partial charge in [0.2, 0.25) is 0 Å². The SMILES string of the molecule is C#Cc1c(F)ccc2cccc(-c3ncc4c(N5C[C@H]6CC[C@@H](C5)N6C(=O)OC(C)(C)C)nc(OC[C@@H]5C[C@@H](Nc6cccc(S(=O)(=O)O)c6)CN5C)nc4c3F)c12. The van der Waals surface area contributed by atoms with E-state index in [1.807, 2.05) is 37.6 Å². The van der Waals surface area contributed by atoms with Crippen LogP contribution in [0.3, 0.4) is 0 Å². The van der Waals surface area contributed by atoms with Crippen LogP contribution in [0.2, 0.25) is 0 Å². The van der Waals surface area contributed by atoms with Crippen molar-refractivity contribution >= 4 is 49.4 Å². The Bertz CT molecular complexity index is 2580. The van der Waals surface area contributed by atoms with Gasteiger partial charge < -0.3 is 19.7 Å². The Balaban J connectivity index is 1.13. The fourth-order valence-corrected chi connectivity index (χ4v) is 8.95. The highest BCUT2D eigenvalue weighted by atomic mass is 32.2. The van der Waals surface area contributed by atoms with Gasteiger partial charge in [-0.2, -0.15) is 18.4 Å². The highest BCUT2D eigenvalue weighted by molar-refractivity contribution is 7.85. The molecule has 3 aliphatic heterocycles. The summed E-state index contributed by atoms with van der Waals surface area (Å²) >= 11 is 0. The molecular formula is C42H43F2N7O6S. The molecule has 0 radical (unpaired) electrons. The van der Waals surface area contributed by atoms with Gasteiger partial charge in [0.15, 0.2) is 5.82 Å². The average Bonchev–Trinajstić information content (AvgIpc) is 3.66. The van der Waals surface area contributed by atoms with Gasteiger partial charge in [-0.05, 0) is 76.7 Å². The number of hydrogen-bond donors (Lipinski definition) is 2. The lowest BCUT2D eigenvalue weighted by Gasteiger charge is -2.42. The fourth-order valence-electron chi connectivity index (χ4n) is 8.43. The van der Waals surface area contributed by atoms with Crippen LogP contribution in [0.1, 0.15) is 45.6 Å². The van der Waals surface area contributed by atoms with E-state index in [0.29, 0.717) is 59.3 Å². The fraction of sp³-hybridized carbons (Fsp3) is 0.381. The first-order valence-corrected chi connectivity index (χ1v) is 20.5. The first kappa shape index (κ1) is 39.2. The number of nitrogens with zero attached hydrogens (tertiary/aromatic N) is 6. The lowest BCUT2D eigenvalue weighted by molar-refractivity contribution is 0.0122. The summed E-state index contributed by atoms with van der Waals surface area (Å²) in [4.78, 5) is 33.0. The Hall–Kier alpha value is -5.63. The lowest BCUT2D eigenvalue weighted by atomic mass is 9.96. The van der Waals surface area contributed by atoms with Gasteiger partial charge in [-0.15, -0.1) is 6.42 Å². The Kier molecular flexibility index (Phi) is 10.1. The van der Waals surface area contributed by atoms with Crippen LogP contribution in [0.5, 0.6) is 6.01 Å². The maximum atomic E-state index is 17.1. The molecule has 3 saturated heterocycles. The standard InChI is InChI=1S/C42H43F2N7O6S/c1-6-31-34(43)16-13-24-9-7-12-32(35(24)31)37-36(44)38-33(19-45-37)39(50-21-27-14-15-28(22-50)51(27)41(52)57-42(2,3)4)48-40(47-38)56-23-29-17-26(20-49(29)5)46-25-10-8-11-30(18-25)58(53,54)55/h1,7-13,16,18-19,26-29,46H,14-15,17,20-23H2,2-5H3,(H,53,54,55)/t26-,27-,28+,29+/m1/s1. The van der Waals surface area contributed by atoms with Crippen LogP contribution in [-0.2, 0) is 14.9 Å². The van der Waals surface area contributed by atoms with E-state index >= 15 is 4.39 Å². The summed E-state index contributed by atoms with van der Waals surface area (Å²) < 4.78 is 77.0. The molecule has 5 aromatic rings. The van der Waals surface area contributed by atoms with Crippen LogP contribution >= 0.6 is 0 Å². The van der Waals surface area contributed by atoms with Gasteiger partial charge in [0.25, 0.3) is 10.1 Å². The van der Waals surface area contributed by atoms with E-state index in [1.165, 1.54) is 24.4 Å². The summed E-state index contributed by atoms with van der Waals surface area (Å²) in [5.41, 5.74) is 0.0947. The largest absolute Gasteiger partial charge is 0.462 e. The number of carbonyl (C=O) groups excluding carboxylic acids is 1. The number of anilines is 2. The maximum Gasteiger partial charge on any atom is 0.410 e. The van der Waals surface area contributed by atoms with Crippen LogP contribution in [0.25, 0.3) is 32.9 Å². The molecule has 2 N–H and O–H groups in total. The topological polar surface area (TPSA) is 150 Å². The molecule has 5 heterocycles. The van der Waals surface area contributed by atoms with E-state index < -0.39 is 27.4 Å². The second-order valence-electron chi connectivity index (χ2n) is 16.1. The second kappa shape index (κ2) is 14.9. The Morgan fingerprint density at radius 2 is 1.79 bits per heavy atom. The number of aromatic nitrogens is 3. The summed E-state index contributed by atoms with van der Waals surface area (Å²) in [5, 5.41) is 4.66. The molecule has 3 fully saturated rings. The molecule has 2 aromatic heterocycles. The predicted molar refractivity (Wildman–Crippen MR) is 215 cm³/mol. The maximum absolute atomic E-state index is 17.1. The lowest BCUT2D eigenvalue weighted by Crippen LogP contribution is -2.57. The first-order valence-electron chi connectivity index (χ1n) is 19.1. The van der Waals surface area contributed by atoms with Crippen molar-refractivity contribution in [3.63, 3.8) is 0 Å². The van der Waals surface area contributed by atoms with Crippen LogP contribution < -0.4 is 15.0 Å². The zero-order valence-electron chi connectivity index (χ0n) is 32.4. The number of carbonyl (C=O) groups is 1. The number of benzene rings is 3. The number of likely N-dealkylation sites (N-methyl/N-ethyl adjacent to an activating group) is 1. The number of ether oxygens (including phenoxy) is 2. The van der Waals surface area contributed by atoms with Gasteiger partial charge in [-0.25, -0.2) is 13.6 Å². The molecule has 3 aromatic carbocycles. The van der Waals surface area contributed by atoms with Gasteiger partial charge in [-0.1, -0.05) is 36.3 Å². The molecule has 0 unspecified atom stereocenters. The minimum Gasteiger partial charge on any atom is -0.462 e. The quantitative estimate of drug-likeness (QED) is 0.130. The molecule has 1 amide bonds. The number of halogens is 2. The second-order valence-corrected chi connectivity index (χ2v) is 17.6. The zero-order chi connectivity index (χ0) is 41.1. The molecule has 0 saturated carbocycles. The van der Waals surface area contributed by atoms with E-state index in [-0.39, 0.29) is 64.5 Å². The van der Waals surface area contributed by atoms with Crippen LogP contribution in [0, 0.1) is 24.0 Å². The van der Waals surface area contributed by atoms with Crippen molar-refractivity contribution in [2.24, 2.45) is 0 Å². The molecule has 16 heteroatoms. The predicted octanol–water partition coefficient (Wildman–Crippen LogP) is 6.50. The van der Waals surface area contributed by atoms with Crippen molar-refractivity contribution in [2.75, 3.05) is 43.5 Å². The van der Waals surface area contributed by atoms with Crippen LogP contribution in [-0.4, -0.2) is 107 Å². The molecule has 13 nitrogen and oxygen atoms in total. The number of amides is 1. The summed E-state index contributed by atoms with van der Waals surface area (Å²) in [6.07, 6.45) is 9.04. The molecule has 3 aliphatic rings. The number of rotatable bonds is 8. The van der Waals surface area contributed by atoms with E-state index in [9.17, 15) is 22.2 Å². The number of fused-ring (bicyclic) bond motifs is 4. The highest BCUT2D eigenvalue weighted by Crippen LogP contribution is 2.39. The van der Waals surface area contributed by atoms with Crippen LogP contribution in [0.4, 0.5) is 25.1 Å². The van der Waals surface area contributed by atoms with Crippen molar-refractivity contribution in [2.45, 2.75) is 74.7 Å². The van der Waals surface area contributed by atoms with Crippen molar-refractivity contribution < 1.29 is 36.0 Å². The molecule has 302 valence electrons. The molecule has 2 bridgehead atoms. The Labute approximate surface area is 335 Å². The Morgan fingerprint density at radius 3 is 2.50 bits per heavy atom. The summed E-state index contributed by atoms with van der Waals surface area (Å²) in [5.74, 6) is 1.47. The smallest absolute Gasteiger partial charge is 0.410 e.